The standard InChI is InChI=1S/C14H15ClFN3/c1-4-17-14-8(2)13(18-9(3)19-14)11-7-10(16)5-6-12(11)15/h5-7H,4H2,1-3H3,(H,17,18,19). The van der Waals surface area contributed by atoms with Crippen LogP contribution in [0.5, 0.6) is 0 Å². The van der Waals surface area contributed by atoms with E-state index in [2.05, 4.69) is 15.3 Å². The summed E-state index contributed by atoms with van der Waals surface area (Å²) < 4.78 is 13.4. The van der Waals surface area contributed by atoms with Crippen LogP contribution in [-0.4, -0.2) is 16.5 Å². The van der Waals surface area contributed by atoms with Gasteiger partial charge in [0.15, 0.2) is 0 Å². The highest BCUT2D eigenvalue weighted by molar-refractivity contribution is 6.33. The van der Waals surface area contributed by atoms with Crippen molar-refractivity contribution >= 4 is 17.4 Å². The molecule has 1 aromatic carbocycles. The normalized spacial score (nSPS) is 10.6. The molecule has 0 fully saturated rings. The molecule has 1 aromatic heterocycles. The fraction of sp³-hybridized carbons (Fsp3) is 0.286. The molecule has 3 nitrogen and oxygen atoms in total. The molecular weight excluding hydrogens is 265 g/mol. The third-order valence-corrected chi connectivity index (χ3v) is 3.11. The molecule has 2 rings (SSSR count). The number of nitrogens with zero attached hydrogens (tertiary/aromatic N) is 2. The van der Waals surface area contributed by atoms with Gasteiger partial charge in [0.25, 0.3) is 0 Å². The van der Waals surface area contributed by atoms with Crippen molar-refractivity contribution in [1.29, 1.82) is 0 Å². The summed E-state index contributed by atoms with van der Waals surface area (Å²) >= 11 is 6.14. The monoisotopic (exact) mass is 279 g/mol. The van der Waals surface area contributed by atoms with Crippen LogP contribution in [0.15, 0.2) is 18.2 Å². The topological polar surface area (TPSA) is 37.8 Å². The van der Waals surface area contributed by atoms with E-state index in [9.17, 15) is 4.39 Å². The zero-order valence-corrected chi connectivity index (χ0v) is 11.8. The molecule has 0 bridgehead atoms. The number of aryl methyl sites for hydroxylation is 1. The van der Waals surface area contributed by atoms with Crippen LogP contribution in [0.4, 0.5) is 10.2 Å². The Kier molecular flexibility index (Phi) is 4.00. The number of hydrogen-bond donors (Lipinski definition) is 1. The van der Waals surface area contributed by atoms with Crippen molar-refractivity contribution in [2.45, 2.75) is 20.8 Å². The van der Waals surface area contributed by atoms with Crippen LogP contribution < -0.4 is 5.32 Å². The molecule has 1 heterocycles. The van der Waals surface area contributed by atoms with Gasteiger partial charge in [-0.25, -0.2) is 14.4 Å². The number of aromatic nitrogens is 2. The lowest BCUT2D eigenvalue weighted by atomic mass is 10.1. The molecule has 0 aliphatic rings. The lowest BCUT2D eigenvalue weighted by molar-refractivity contribution is 0.628. The zero-order valence-electron chi connectivity index (χ0n) is 11.1. The second-order valence-corrected chi connectivity index (χ2v) is 4.65. The first kappa shape index (κ1) is 13.7. The van der Waals surface area contributed by atoms with Crippen LogP contribution in [0, 0.1) is 19.7 Å². The average molecular weight is 280 g/mol. The minimum Gasteiger partial charge on any atom is -0.370 e. The van der Waals surface area contributed by atoms with Gasteiger partial charge in [-0.3, -0.25) is 0 Å². The number of halogens is 2. The molecular formula is C14H15ClFN3. The summed E-state index contributed by atoms with van der Waals surface area (Å²) in [6.45, 7) is 6.45. The largest absolute Gasteiger partial charge is 0.370 e. The Morgan fingerprint density at radius 3 is 2.68 bits per heavy atom. The van der Waals surface area contributed by atoms with Crippen molar-refractivity contribution in [2.24, 2.45) is 0 Å². The Hall–Kier alpha value is -1.68. The highest BCUT2D eigenvalue weighted by Crippen LogP contribution is 2.31. The molecule has 0 spiro atoms. The highest BCUT2D eigenvalue weighted by Gasteiger charge is 2.14. The van der Waals surface area contributed by atoms with Crippen LogP contribution in [0.2, 0.25) is 5.02 Å². The van der Waals surface area contributed by atoms with Gasteiger partial charge in [-0.15, -0.1) is 0 Å². The fourth-order valence-corrected chi connectivity index (χ4v) is 2.12. The van der Waals surface area contributed by atoms with Crippen molar-refractivity contribution in [3.8, 4) is 11.3 Å². The van der Waals surface area contributed by atoms with Gasteiger partial charge in [0.2, 0.25) is 0 Å². The Labute approximate surface area is 116 Å². The average Bonchev–Trinajstić information content (AvgIpc) is 2.37. The first-order valence-electron chi connectivity index (χ1n) is 6.07. The summed E-state index contributed by atoms with van der Waals surface area (Å²) in [7, 11) is 0. The van der Waals surface area contributed by atoms with Gasteiger partial charge in [-0.2, -0.15) is 0 Å². The predicted octanol–water partition coefficient (Wildman–Crippen LogP) is 3.98. The Balaban J connectivity index is 2.64. The maximum absolute atomic E-state index is 13.4. The van der Waals surface area contributed by atoms with Gasteiger partial charge in [-0.1, -0.05) is 11.6 Å². The molecule has 0 atom stereocenters. The van der Waals surface area contributed by atoms with Crippen molar-refractivity contribution in [3.63, 3.8) is 0 Å². The third kappa shape index (κ3) is 2.84. The van der Waals surface area contributed by atoms with Gasteiger partial charge < -0.3 is 5.32 Å². The summed E-state index contributed by atoms with van der Waals surface area (Å²) in [5.74, 6) is 1.04. The Morgan fingerprint density at radius 2 is 2.00 bits per heavy atom. The van der Waals surface area contributed by atoms with Crippen molar-refractivity contribution in [2.75, 3.05) is 11.9 Å². The van der Waals surface area contributed by atoms with Crippen LogP contribution in [0.1, 0.15) is 18.3 Å². The van der Waals surface area contributed by atoms with Crippen molar-refractivity contribution < 1.29 is 4.39 Å². The SMILES string of the molecule is CCNc1nc(C)nc(-c2cc(F)ccc2Cl)c1C. The number of benzene rings is 1. The molecule has 0 amide bonds. The molecule has 0 saturated heterocycles. The minimum absolute atomic E-state index is 0.333. The highest BCUT2D eigenvalue weighted by atomic mass is 35.5. The number of nitrogens with one attached hydrogen (secondary N) is 1. The van der Waals surface area contributed by atoms with Crippen molar-refractivity contribution in [3.05, 3.63) is 40.4 Å². The van der Waals surface area contributed by atoms with E-state index in [-0.39, 0.29) is 5.82 Å². The molecule has 100 valence electrons. The molecule has 0 unspecified atom stereocenters. The van der Waals surface area contributed by atoms with E-state index in [4.69, 9.17) is 11.6 Å². The molecule has 19 heavy (non-hydrogen) atoms. The molecule has 0 aliphatic heterocycles. The summed E-state index contributed by atoms with van der Waals surface area (Å²) in [6.07, 6.45) is 0. The molecule has 0 radical (unpaired) electrons. The second kappa shape index (κ2) is 5.53. The van der Waals surface area contributed by atoms with Gasteiger partial charge in [0.1, 0.15) is 17.5 Å². The van der Waals surface area contributed by atoms with E-state index in [1.807, 2.05) is 13.8 Å². The maximum Gasteiger partial charge on any atom is 0.133 e. The second-order valence-electron chi connectivity index (χ2n) is 4.25. The lowest BCUT2D eigenvalue weighted by Crippen LogP contribution is -2.06. The van der Waals surface area contributed by atoms with E-state index in [1.165, 1.54) is 18.2 Å². The first-order valence-corrected chi connectivity index (χ1v) is 6.45. The number of anilines is 1. The van der Waals surface area contributed by atoms with Gasteiger partial charge >= 0.3 is 0 Å². The number of hydrogen-bond acceptors (Lipinski definition) is 3. The Morgan fingerprint density at radius 1 is 1.26 bits per heavy atom. The maximum atomic E-state index is 13.4. The van der Waals surface area contributed by atoms with Crippen molar-refractivity contribution in [1.82, 2.24) is 9.97 Å². The smallest absolute Gasteiger partial charge is 0.133 e. The summed E-state index contributed by atoms with van der Waals surface area (Å²) in [4.78, 5) is 8.73. The van der Waals surface area contributed by atoms with E-state index >= 15 is 0 Å². The predicted molar refractivity (Wildman–Crippen MR) is 76.1 cm³/mol. The lowest BCUT2D eigenvalue weighted by Gasteiger charge is -2.13. The fourth-order valence-electron chi connectivity index (χ4n) is 1.91. The van der Waals surface area contributed by atoms with Gasteiger partial charge in [-0.05, 0) is 39.0 Å². The van der Waals surface area contributed by atoms with Crippen LogP contribution in [0.25, 0.3) is 11.3 Å². The van der Waals surface area contributed by atoms with Gasteiger partial charge in [0, 0.05) is 17.7 Å². The van der Waals surface area contributed by atoms with Gasteiger partial charge in [0.05, 0.1) is 10.7 Å². The third-order valence-electron chi connectivity index (χ3n) is 2.79. The summed E-state index contributed by atoms with van der Waals surface area (Å²) in [5.41, 5.74) is 2.11. The first-order chi connectivity index (χ1) is 9.02. The van der Waals surface area contributed by atoms with E-state index in [0.717, 1.165) is 17.9 Å². The molecule has 1 N–H and O–H groups in total. The molecule has 5 heteroatoms. The van der Waals surface area contributed by atoms with Crippen LogP contribution in [-0.2, 0) is 0 Å². The zero-order chi connectivity index (χ0) is 14.0. The van der Waals surface area contributed by atoms with Crippen LogP contribution in [0.3, 0.4) is 0 Å². The van der Waals surface area contributed by atoms with E-state index in [0.29, 0.717) is 22.1 Å². The quantitative estimate of drug-likeness (QED) is 0.923. The Bertz CT molecular complexity index is 614. The summed E-state index contributed by atoms with van der Waals surface area (Å²) in [5, 5.41) is 3.65. The van der Waals surface area contributed by atoms with Crippen LogP contribution >= 0.6 is 11.6 Å². The molecule has 0 aliphatic carbocycles. The number of rotatable bonds is 3. The van der Waals surface area contributed by atoms with E-state index in [1.54, 1.807) is 6.92 Å². The molecule has 0 saturated carbocycles. The van der Waals surface area contributed by atoms with E-state index < -0.39 is 0 Å². The minimum atomic E-state index is -0.333. The summed E-state index contributed by atoms with van der Waals surface area (Å²) in [6, 6.07) is 4.27. The molecule has 2 aromatic rings.